The van der Waals surface area contributed by atoms with Gasteiger partial charge >= 0.3 is 0 Å². The molecule has 90 valence electrons. The van der Waals surface area contributed by atoms with Crippen molar-refractivity contribution in [2.24, 2.45) is 0 Å². The predicted molar refractivity (Wildman–Crippen MR) is 78.4 cm³/mol. The fourth-order valence-corrected chi connectivity index (χ4v) is 2.78. The van der Waals surface area contributed by atoms with Gasteiger partial charge in [-0.05, 0) is 30.5 Å². The zero-order valence-electron chi connectivity index (χ0n) is 9.77. The van der Waals surface area contributed by atoms with Crippen LogP contribution < -0.4 is 5.32 Å². The van der Waals surface area contributed by atoms with E-state index in [1.54, 1.807) is 47.4 Å². The summed E-state index contributed by atoms with van der Waals surface area (Å²) in [5.74, 6) is 2.38. The lowest BCUT2D eigenvalue weighted by atomic mass is 10.1. The average Bonchev–Trinajstić information content (AvgIpc) is 2.86. The Bertz CT molecular complexity index is 610. The standard InChI is InChI=1S/C14H11NOS2/c1-3-10-5-4-6-11(7-10)14(16)15-12-8-13(17-2)18-9-12/h1,4-9H,2H3,(H,15,16). The summed E-state index contributed by atoms with van der Waals surface area (Å²) in [6, 6.07) is 8.99. The van der Waals surface area contributed by atoms with Gasteiger partial charge in [-0.15, -0.1) is 29.5 Å². The monoisotopic (exact) mass is 273 g/mol. The average molecular weight is 273 g/mol. The minimum Gasteiger partial charge on any atom is -0.321 e. The predicted octanol–water partition coefficient (Wildman–Crippen LogP) is 3.70. The van der Waals surface area contributed by atoms with E-state index in [1.807, 2.05) is 17.7 Å². The van der Waals surface area contributed by atoms with Gasteiger partial charge in [0.1, 0.15) is 0 Å². The molecule has 0 saturated carbocycles. The summed E-state index contributed by atoms with van der Waals surface area (Å²) in [7, 11) is 0. The van der Waals surface area contributed by atoms with E-state index < -0.39 is 0 Å². The van der Waals surface area contributed by atoms with Gasteiger partial charge in [-0.25, -0.2) is 0 Å². The fraction of sp³-hybridized carbons (Fsp3) is 0.0714. The lowest BCUT2D eigenvalue weighted by molar-refractivity contribution is 0.102. The summed E-state index contributed by atoms with van der Waals surface area (Å²) in [5, 5.41) is 4.78. The third-order valence-corrected chi connectivity index (χ3v) is 4.36. The molecule has 0 radical (unpaired) electrons. The first-order valence-corrected chi connectivity index (χ1v) is 7.34. The lowest BCUT2D eigenvalue weighted by Gasteiger charge is -2.03. The zero-order chi connectivity index (χ0) is 13.0. The number of thiophene rings is 1. The molecule has 0 aliphatic heterocycles. The van der Waals surface area contributed by atoms with Crippen molar-refractivity contribution in [3.63, 3.8) is 0 Å². The molecule has 0 aliphatic rings. The third-order valence-electron chi connectivity index (χ3n) is 2.33. The molecule has 1 amide bonds. The van der Waals surface area contributed by atoms with Crippen LogP contribution in [0.25, 0.3) is 0 Å². The van der Waals surface area contributed by atoms with Gasteiger partial charge in [0.05, 0.1) is 9.90 Å². The van der Waals surface area contributed by atoms with Gasteiger partial charge in [0.25, 0.3) is 5.91 Å². The highest BCUT2D eigenvalue weighted by Crippen LogP contribution is 2.27. The molecule has 1 heterocycles. The van der Waals surface area contributed by atoms with Crippen molar-refractivity contribution in [3.8, 4) is 12.3 Å². The third kappa shape index (κ3) is 2.95. The Labute approximate surface area is 114 Å². The summed E-state index contributed by atoms with van der Waals surface area (Å²) in [6.07, 6.45) is 7.32. The number of nitrogens with one attached hydrogen (secondary N) is 1. The molecular weight excluding hydrogens is 262 g/mol. The van der Waals surface area contributed by atoms with E-state index in [9.17, 15) is 4.79 Å². The minimum atomic E-state index is -0.141. The second-order valence-electron chi connectivity index (χ2n) is 3.54. The quantitative estimate of drug-likeness (QED) is 0.682. The summed E-state index contributed by atoms with van der Waals surface area (Å²) in [4.78, 5) is 12.0. The van der Waals surface area contributed by atoms with E-state index in [4.69, 9.17) is 6.42 Å². The van der Waals surface area contributed by atoms with Crippen molar-refractivity contribution < 1.29 is 4.79 Å². The number of rotatable bonds is 3. The molecule has 2 aromatic rings. The number of thioether (sulfide) groups is 1. The van der Waals surface area contributed by atoms with E-state index in [0.29, 0.717) is 11.1 Å². The molecule has 1 aromatic heterocycles. The number of terminal acetylenes is 1. The topological polar surface area (TPSA) is 29.1 Å². The zero-order valence-corrected chi connectivity index (χ0v) is 11.4. The van der Waals surface area contributed by atoms with Gasteiger partial charge in [-0.2, -0.15) is 0 Å². The Hall–Kier alpha value is -1.70. The number of benzene rings is 1. The molecule has 0 atom stereocenters. The highest BCUT2D eigenvalue weighted by molar-refractivity contribution is 8.00. The molecule has 18 heavy (non-hydrogen) atoms. The van der Waals surface area contributed by atoms with E-state index >= 15 is 0 Å². The van der Waals surface area contributed by atoms with Gasteiger partial charge in [0.2, 0.25) is 0 Å². The van der Waals surface area contributed by atoms with Gasteiger partial charge in [-0.3, -0.25) is 4.79 Å². The van der Waals surface area contributed by atoms with Crippen LogP contribution in [0.4, 0.5) is 5.69 Å². The van der Waals surface area contributed by atoms with Crippen molar-refractivity contribution in [1.29, 1.82) is 0 Å². The number of carbonyl (C=O) groups is 1. The molecule has 0 spiro atoms. The van der Waals surface area contributed by atoms with Gasteiger partial charge in [0, 0.05) is 16.5 Å². The summed E-state index contributed by atoms with van der Waals surface area (Å²) in [5.41, 5.74) is 2.10. The Morgan fingerprint density at radius 2 is 2.28 bits per heavy atom. The second-order valence-corrected chi connectivity index (χ2v) is 5.56. The maximum atomic E-state index is 12.0. The van der Waals surface area contributed by atoms with Gasteiger partial charge in [0.15, 0.2) is 0 Å². The summed E-state index contributed by atoms with van der Waals surface area (Å²) < 4.78 is 1.17. The molecule has 0 fully saturated rings. The van der Waals surface area contributed by atoms with Crippen LogP contribution in [-0.2, 0) is 0 Å². The molecule has 0 bridgehead atoms. The van der Waals surface area contributed by atoms with Crippen LogP contribution in [0.2, 0.25) is 0 Å². The van der Waals surface area contributed by atoms with E-state index in [0.717, 1.165) is 5.69 Å². The highest BCUT2D eigenvalue weighted by Gasteiger charge is 2.07. The molecule has 1 aromatic carbocycles. The van der Waals surface area contributed by atoms with Crippen LogP contribution in [0.3, 0.4) is 0 Å². The van der Waals surface area contributed by atoms with Crippen LogP contribution in [0.5, 0.6) is 0 Å². The minimum absolute atomic E-state index is 0.141. The smallest absolute Gasteiger partial charge is 0.255 e. The molecule has 0 aliphatic carbocycles. The van der Waals surface area contributed by atoms with Crippen LogP contribution in [-0.4, -0.2) is 12.2 Å². The summed E-state index contributed by atoms with van der Waals surface area (Å²) >= 11 is 3.27. The van der Waals surface area contributed by atoms with Crippen molar-refractivity contribution in [3.05, 3.63) is 46.8 Å². The van der Waals surface area contributed by atoms with Crippen molar-refractivity contribution in [2.75, 3.05) is 11.6 Å². The molecule has 2 nitrogen and oxygen atoms in total. The van der Waals surface area contributed by atoms with Gasteiger partial charge < -0.3 is 5.32 Å². The van der Waals surface area contributed by atoms with E-state index in [-0.39, 0.29) is 5.91 Å². The van der Waals surface area contributed by atoms with E-state index in [2.05, 4.69) is 11.2 Å². The molecule has 0 unspecified atom stereocenters. The van der Waals surface area contributed by atoms with Crippen LogP contribution in [0.15, 0.2) is 39.9 Å². The first-order valence-electron chi connectivity index (χ1n) is 5.23. The number of hydrogen-bond acceptors (Lipinski definition) is 3. The molecule has 2 rings (SSSR count). The van der Waals surface area contributed by atoms with Crippen molar-refractivity contribution in [2.45, 2.75) is 4.21 Å². The molecule has 4 heteroatoms. The van der Waals surface area contributed by atoms with Crippen molar-refractivity contribution in [1.82, 2.24) is 0 Å². The first-order chi connectivity index (χ1) is 8.72. The first kappa shape index (κ1) is 12.7. The number of anilines is 1. The normalized spacial score (nSPS) is 9.78. The number of carbonyl (C=O) groups excluding carboxylic acids is 1. The van der Waals surface area contributed by atoms with Crippen LogP contribution in [0.1, 0.15) is 15.9 Å². The molecule has 0 saturated heterocycles. The molecular formula is C14H11NOS2. The Morgan fingerprint density at radius 1 is 1.44 bits per heavy atom. The van der Waals surface area contributed by atoms with E-state index in [1.165, 1.54) is 4.21 Å². The summed E-state index contributed by atoms with van der Waals surface area (Å²) in [6.45, 7) is 0. The van der Waals surface area contributed by atoms with Crippen molar-refractivity contribution >= 4 is 34.7 Å². The Morgan fingerprint density at radius 3 is 2.94 bits per heavy atom. The SMILES string of the molecule is C#Cc1cccc(C(=O)Nc2csc(SC)c2)c1. The highest BCUT2D eigenvalue weighted by atomic mass is 32.2. The Kier molecular flexibility index (Phi) is 4.08. The van der Waals surface area contributed by atoms with Crippen LogP contribution >= 0.6 is 23.1 Å². The fourth-order valence-electron chi connectivity index (χ4n) is 1.44. The van der Waals surface area contributed by atoms with Crippen LogP contribution in [0, 0.1) is 12.3 Å². The maximum Gasteiger partial charge on any atom is 0.255 e. The van der Waals surface area contributed by atoms with Gasteiger partial charge in [-0.1, -0.05) is 12.0 Å². The largest absolute Gasteiger partial charge is 0.321 e. The molecule has 1 N–H and O–H groups in total. The second kappa shape index (κ2) is 5.76. The number of amides is 1. The maximum absolute atomic E-state index is 12.0. The lowest BCUT2D eigenvalue weighted by Crippen LogP contribution is -2.11. The Balaban J connectivity index is 2.14. The number of hydrogen-bond donors (Lipinski definition) is 1.